The second kappa shape index (κ2) is 7.22. The van der Waals surface area contributed by atoms with Gasteiger partial charge in [-0.25, -0.2) is 0 Å². The maximum absolute atomic E-state index is 6.07. The molecule has 4 rings (SSSR count). The number of ether oxygens (including phenoxy) is 1. The maximum Gasteiger partial charge on any atom is 0.119 e. The molecule has 3 aromatic carbocycles. The molecule has 0 unspecified atom stereocenters. The van der Waals surface area contributed by atoms with Gasteiger partial charge in [0, 0.05) is 17.0 Å². The van der Waals surface area contributed by atoms with Crippen molar-refractivity contribution in [3.8, 4) is 5.75 Å². The molecule has 0 spiro atoms. The van der Waals surface area contributed by atoms with Crippen LogP contribution in [0.3, 0.4) is 0 Å². The fourth-order valence-electron chi connectivity index (χ4n) is 3.25. The largest absolute Gasteiger partial charge is 0.497 e. The Hall–Kier alpha value is -2.78. The molecular formula is C22H19ClN2O. The lowest BCUT2D eigenvalue weighted by molar-refractivity contribution is 0.414. The van der Waals surface area contributed by atoms with E-state index in [9.17, 15) is 0 Å². The Labute approximate surface area is 158 Å². The van der Waals surface area contributed by atoms with E-state index in [1.807, 2.05) is 48.5 Å². The van der Waals surface area contributed by atoms with Gasteiger partial charge in [0.15, 0.2) is 0 Å². The molecule has 0 aliphatic carbocycles. The topological polar surface area (TPSA) is 24.8 Å². The molecule has 0 saturated heterocycles. The third kappa shape index (κ3) is 3.31. The predicted octanol–water partition coefficient (Wildman–Crippen LogP) is 5.70. The fourth-order valence-corrected chi connectivity index (χ4v) is 3.38. The molecule has 0 amide bonds. The Bertz CT molecular complexity index is 922. The van der Waals surface area contributed by atoms with Gasteiger partial charge in [0.2, 0.25) is 0 Å². The summed E-state index contributed by atoms with van der Waals surface area (Å²) in [5.41, 5.74) is 4.40. The van der Waals surface area contributed by atoms with Crippen molar-refractivity contribution in [3.63, 3.8) is 0 Å². The lowest BCUT2D eigenvalue weighted by Crippen LogP contribution is -2.18. The van der Waals surface area contributed by atoms with Gasteiger partial charge in [-0.3, -0.25) is 5.01 Å². The van der Waals surface area contributed by atoms with Crippen LogP contribution in [0.1, 0.15) is 23.6 Å². The van der Waals surface area contributed by atoms with E-state index in [0.29, 0.717) is 0 Å². The van der Waals surface area contributed by atoms with E-state index in [1.54, 1.807) is 7.11 Å². The van der Waals surface area contributed by atoms with E-state index < -0.39 is 0 Å². The van der Waals surface area contributed by atoms with Crippen molar-refractivity contribution in [2.24, 2.45) is 5.10 Å². The molecule has 1 atom stereocenters. The van der Waals surface area contributed by atoms with Gasteiger partial charge in [0.1, 0.15) is 5.75 Å². The van der Waals surface area contributed by atoms with Crippen LogP contribution < -0.4 is 9.75 Å². The van der Waals surface area contributed by atoms with Crippen LogP contribution in [0.4, 0.5) is 5.69 Å². The van der Waals surface area contributed by atoms with Crippen LogP contribution in [0, 0.1) is 0 Å². The second-order valence-electron chi connectivity index (χ2n) is 6.23. The summed E-state index contributed by atoms with van der Waals surface area (Å²) in [6.45, 7) is 0. The van der Waals surface area contributed by atoms with Gasteiger partial charge in [-0.15, -0.1) is 0 Å². The highest BCUT2D eigenvalue weighted by atomic mass is 35.5. The number of benzene rings is 3. The molecule has 1 heterocycles. The monoisotopic (exact) mass is 362 g/mol. The molecule has 1 aliphatic heterocycles. The average Bonchev–Trinajstić information content (AvgIpc) is 3.15. The van der Waals surface area contributed by atoms with E-state index in [1.165, 1.54) is 5.56 Å². The third-order valence-electron chi connectivity index (χ3n) is 4.59. The van der Waals surface area contributed by atoms with Crippen LogP contribution in [0.15, 0.2) is 84.0 Å². The van der Waals surface area contributed by atoms with Gasteiger partial charge in [-0.2, -0.15) is 5.10 Å². The van der Waals surface area contributed by atoms with Crippen molar-refractivity contribution in [2.45, 2.75) is 12.5 Å². The summed E-state index contributed by atoms with van der Waals surface area (Å²) in [5.74, 6) is 0.839. The molecule has 0 saturated carbocycles. The number of halogens is 1. The van der Waals surface area contributed by atoms with Gasteiger partial charge in [-0.1, -0.05) is 54.1 Å². The number of para-hydroxylation sites is 1. The number of anilines is 1. The average molecular weight is 363 g/mol. The number of hydrogen-bond donors (Lipinski definition) is 0. The highest BCUT2D eigenvalue weighted by Crippen LogP contribution is 2.37. The summed E-state index contributed by atoms with van der Waals surface area (Å²) < 4.78 is 5.37. The Balaban J connectivity index is 1.74. The Morgan fingerprint density at radius 3 is 2.46 bits per heavy atom. The smallest absolute Gasteiger partial charge is 0.119 e. The normalized spacial score (nSPS) is 16.5. The second-order valence-corrected chi connectivity index (χ2v) is 6.67. The lowest BCUT2D eigenvalue weighted by atomic mass is 9.98. The van der Waals surface area contributed by atoms with Crippen molar-refractivity contribution < 1.29 is 4.74 Å². The maximum atomic E-state index is 6.07. The lowest BCUT2D eigenvalue weighted by Gasteiger charge is -2.24. The zero-order chi connectivity index (χ0) is 17.9. The minimum absolute atomic E-state index is 0.135. The Kier molecular flexibility index (Phi) is 4.63. The van der Waals surface area contributed by atoms with Crippen LogP contribution >= 0.6 is 11.6 Å². The van der Waals surface area contributed by atoms with Crippen LogP contribution in [-0.2, 0) is 0 Å². The zero-order valence-corrected chi connectivity index (χ0v) is 15.2. The van der Waals surface area contributed by atoms with Crippen molar-refractivity contribution >= 4 is 23.0 Å². The molecule has 3 nitrogen and oxygen atoms in total. The first kappa shape index (κ1) is 16.7. The van der Waals surface area contributed by atoms with Crippen molar-refractivity contribution in [2.75, 3.05) is 12.1 Å². The number of methoxy groups -OCH3 is 1. The summed E-state index contributed by atoms with van der Waals surface area (Å²) in [6.07, 6.45) is 0.823. The van der Waals surface area contributed by atoms with Gasteiger partial charge in [0.25, 0.3) is 0 Å². The first-order chi connectivity index (χ1) is 12.7. The number of hydrogen-bond acceptors (Lipinski definition) is 3. The SMILES string of the molecule is COc1cccc(C2=NN(c3ccccc3)[C@@H](c3ccc(Cl)cc3)C2)c1. The van der Waals surface area contributed by atoms with Crippen LogP contribution in [-0.4, -0.2) is 12.8 Å². The third-order valence-corrected chi connectivity index (χ3v) is 4.84. The number of nitrogens with zero attached hydrogens (tertiary/aromatic N) is 2. The summed E-state index contributed by atoms with van der Waals surface area (Å²) in [4.78, 5) is 0. The molecule has 4 heteroatoms. The van der Waals surface area contributed by atoms with Gasteiger partial charge >= 0.3 is 0 Å². The first-order valence-corrected chi connectivity index (χ1v) is 8.94. The molecule has 0 fully saturated rings. The molecule has 0 radical (unpaired) electrons. The predicted molar refractivity (Wildman–Crippen MR) is 107 cm³/mol. The summed E-state index contributed by atoms with van der Waals surface area (Å²) in [7, 11) is 1.68. The van der Waals surface area contributed by atoms with E-state index in [4.69, 9.17) is 21.4 Å². The molecule has 130 valence electrons. The number of hydrazone groups is 1. The summed E-state index contributed by atoms with van der Waals surface area (Å²) in [5, 5.41) is 7.78. The molecule has 0 aromatic heterocycles. The standard InChI is InChI=1S/C22H19ClN2O/c1-26-20-9-5-6-17(14-20)21-15-22(16-10-12-18(23)13-11-16)25(24-21)19-7-3-2-4-8-19/h2-14,22H,15H2,1H3/t22-/m1/s1. The molecule has 0 N–H and O–H groups in total. The highest BCUT2D eigenvalue weighted by molar-refractivity contribution is 6.30. The van der Waals surface area contributed by atoms with Crippen LogP contribution in [0.25, 0.3) is 0 Å². The van der Waals surface area contributed by atoms with E-state index >= 15 is 0 Å². The summed E-state index contributed by atoms with van der Waals surface area (Å²) in [6, 6.07) is 26.5. The van der Waals surface area contributed by atoms with Crippen LogP contribution in [0.5, 0.6) is 5.75 Å². The van der Waals surface area contributed by atoms with E-state index in [-0.39, 0.29) is 6.04 Å². The highest BCUT2D eigenvalue weighted by Gasteiger charge is 2.29. The molecule has 3 aromatic rings. The Morgan fingerprint density at radius 2 is 1.73 bits per heavy atom. The van der Waals surface area contributed by atoms with Crippen molar-refractivity contribution in [1.29, 1.82) is 0 Å². The van der Waals surface area contributed by atoms with Gasteiger partial charge in [0.05, 0.1) is 24.6 Å². The fraction of sp³-hybridized carbons (Fsp3) is 0.136. The summed E-state index contributed by atoms with van der Waals surface area (Å²) >= 11 is 6.07. The first-order valence-electron chi connectivity index (χ1n) is 8.56. The number of rotatable bonds is 4. The van der Waals surface area contributed by atoms with Gasteiger partial charge in [-0.05, 0) is 42.0 Å². The van der Waals surface area contributed by atoms with E-state index in [0.717, 1.165) is 34.2 Å². The van der Waals surface area contributed by atoms with Crippen molar-refractivity contribution in [1.82, 2.24) is 0 Å². The minimum atomic E-state index is 0.135. The van der Waals surface area contributed by atoms with Crippen molar-refractivity contribution in [3.05, 3.63) is 95.0 Å². The van der Waals surface area contributed by atoms with E-state index in [2.05, 4.69) is 35.3 Å². The quantitative estimate of drug-likeness (QED) is 0.594. The minimum Gasteiger partial charge on any atom is -0.497 e. The zero-order valence-electron chi connectivity index (χ0n) is 14.5. The van der Waals surface area contributed by atoms with Gasteiger partial charge < -0.3 is 4.74 Å². The Morgan fingerprint density at radius 1 is 0.962 bits per heavy atom. The molecule has 0 bridgehead atoms. The van der Waals surface area contributed by atoms with Crippen LogP contribution in [0.2, 0.25) is 5.02 Å². The molecule has 26 heavy (non-hydrogen) atoms. The molecule has 1 aliphatic rings. The molecular weight excluding hydrogens is 344 g/mol.